The minimum atomic E-state index is -3.52. The van der Waals surface area contributed by atoms with E-state index in [1.54, 1.807) is 6.07 Å². The Labute approximate surface area is 120 Å². The fraction of sp³-hybridized carbons (Fsp3) is 0.571. The maximum atomic E-state index is 12.3. The monoisotopic (exact) mass is 298 g/mol. The van der Waals surface area contributed by atoms with Gasteiger partial charge in [-0.1, -0.05) is 19.8 Å². The number of methoxy groups -OCH3 is 1. The summed E-state index contributed by atoms with van der Waals surface area (Å²) in [5, 5.41) is 0. The highest BCUT2D eigenvalue weighted by Gasteiger charge is 2.30. The number of hydrogen-bond donors (Lipinski definition) is 2. The van der Waals surface area contributed by atoms with Crippen molar-refractivity contribution in [2.24, 2.45) is 5.41 Å². The molecule has 0 saturated heterocycles. The van der Waals surface area contributed by atoms with E-state index in [4.69, 9.17) is 10.5 Å². The van der Waals surface area contributed by atoms with Gasteiger partial charge >= 0.3 is 0 Å². The highest BCUT2D eigenvalue weighted by Crippen LogP contribution is 2.37. The minimum Gasteiger partial charge on any atom is -0.495 e. The third-order valence-corrected chi connectivity index (χ3v) is 5.41. The predicted molar refractivity (Wildman–Crippen MR) is 79.2 cm³/mol. The Hall–Kier alpha value is -1.27. The van der Waals surface area contributed by atoms with Gasteiger partial charge in [-0.2, -0.15) is 0 Å². The van der Waals surface area contributed by atoms with E-state index < -0.39 is 10.0 Å². The lowest BCUT2D eigenvalue weighted by atomic mass is 9.89. The summed E-state index contributed by atoms with van der Waals surface area (Å²) >= 11 is 0. The van der Waals surface area contributed by atoms with Gasteiger partial charge in [-0.05, 0) is 30.4 Å². The second kappa shape index (κ2) is 5.61. The number of ether oxygens (including phenoxy) is 1. The number of anilines is 1. The van der Waals surface area contributed by atoms with E-state index in [0.717, 1.165) is 12.8 Å². The Morgan fingerprint density at radius 2 is 2.00 bits per heavy atom. The summed E-state index contributed by atoms with van der Waals surface area (Å²) < 4.78 is 32.4. The van der Waals surface area contributed by atoms with Crippen LogP contribution >= 0.6 is 0 Å². The summed E-state index contributed by atoms with van der Waals surface area (Å²) in [5.41, 5.74) is 6.20. The lowest BCUT2D eigenvalue weighted by molar-refractivity contribution is 0.336. The summed E-state index contributed by atoms with van der Waals surface area (Å²) in [6, 6.07) is 4.50. The van der Waals surface area contributed by atoms with Crippen molar-refractivity contribution >= 4 is 15.7 Å². The lowest BCUT2D eigenvalue weighted by Gasteiger charge is -2.23. The Morgan fingerprint density at radius 1 is 1.35 bits per heavy atom. The highest BCUT2D eigenvalue weighted by molar-refractivity contribution is 7.89. The van der Waals surface area contributed by atoms with Gasteiger partial charge in [0.05, 0.1) is 17.7 Å². The molecule has 112 valence electrons. The molecule has 0 atom stereocenters. The molecule has 1 fully saturated rings. The summed E-state index contributed by atoms with van der Waals surface area (Å²) in [4.78, 5) is 0.185. The van der Waals surface area contributed by atoms with Gasteiger partial charge in [-0.15, -0.1) is 0 Å². The second-order valence-electron chi connectivity index (χ2n) is 5.75. The van der Waals surface area contributed by atoms with Gasteiger partial charge in [0.1, 0.15) is 5.75 Å². The van der Waals surface area contributed by atoms with E-state index in [0.29, 0.717) is 18.0 Å². The van der Waals surface area contributed by atoms with E-state index in [9.17, 15) is 8.42 Å². The number of hydrogen-bond acceptors (Lipinski definition) is 4. The zero-order valence-electron chi connectivity index (χ0n) is 12.0. The van der Waals surface area contributed by atoms with E-state index in [-0.39, 0.29) is 10.3 Å². The third-order valence-electron chi connectivity index (χ3n) is 4.01. The third kappa shape index (κ3) is 3.24. The molecule has 1 aliphatic carbocycles. The van der Waals surface area contributed by atoms with E-state index in [1.807, 2.05) is 0 Å². The van der Waals surface area contributed by atoms with Crippen LogP contribution in [0.15, 0.2) is 23.1 Å². The SMILES string of the molecule is COc1cc(S(=O)(=O)NCC2(C)CCCC2)ccc1N. The summed E-state index contributed by atoms with van der Waals surface area (Å²) in [6.45, 7) is 2.61. The summed E-state index contributed by atoms with van der Waals surface area (Å²) in [7, 11) is -2.05. The Kier molecular flexibility index (Phi) is 4.25. The molecule has 0 aliphatic heterocycles. The zero-order valence-corrected chi connectivity index (χ0v) is 12.8. The Bertz CT molecular complexity index is 578. The van der Waals surface area contributed by atoms with Crippen molar-refractivity contribution in [3.63, 3.8) is 0 Å². The van der Waals surface area contributed by atoms with E-state index in [1.165, 1.54) is 32.1 Å². The van der Waals surface area contributed by atoms with Crippen LogP contribution < -0.4 is 15.2 Å². The molecule has 0 unspecified atom stereocenters. The van der Waals surface area contributed by atoms with Crippen LogP contribution in [0.3, 0.4) is 0 Å². The molecular weight excluding hydrogens is 276 g/mol. The molecule has 6 heteroatoms. The smallest absolute Gasteiger partial charge is 0.240 e. The van der Waals surface area contributed by atoms with Crippen molar-refractivity contribution < 1.29 is 13.2 Å². The predicted octanol–water partition coefficient (Wildman–Crippen LogP) is 2.14. The van der Waals surface area contributed by atoms with Crippen LogP contribution in [0, 0.1) is 5.41 Å². The molecule has 1 aromatic rings. The average molecular weight is 298 g/mol. The molecule has 0 heterocycles. The molecule has 20 heavy (non-hydrogen) atoms. The quantitative estimate of drug-likeness (QED) is 0.816. The highest BCUT2D eigenvalue weighted by atomic mass is 32.2. The van der Waals surface area contributed by atoms with Crippen LogP contribution in [-0.4, -0.2) is 22.1 Å². The first kappa shape index (κ1) is 15.1. The number of nitrogens with one attached hydrogen (secondary N) is 1. The van der Waals surface area contributed by atoms with Gasteiger partial charge in [0, 0.05) is 12.6 Å². The Morgan fingerprint density at radius 3 is 2.60 bits per heavy atom. The molecular formula is C14H22N2O3S. The first-order valence-corrected chi connectivity index (χ1v) is 8.28. The maximum absolute atomic E-state index is 12.3. The van der Waals surface area contributed by atoms with Crippen molar-refractivity contribution in [1.29, 1.82) is 0 Å². The fourth-order valence-corrected chi connectivity index (χ4v) is 3.83. The lowest BCUT2D eigenvalue weighted by Crippen LogP contribution is -2.34. The molecule has 1 aromatic carbocycles. The standard InChI is InChI=1S/C14H22N2O3S/c1-14(7-3-4-8-14)10-16-20(17,18)11-5-6-12(15)13(9-11)19-2/h5-6,9,16H,3-4,7-8,10,15H2,1-2H3. The van der Waals surface area contributed by atoms with Gasteiger partial charge in [0.15, 0.2) is 0 Å². The molecule has 1 saturated carbocycles. The van der Waals surface area contributed by atoms with Gasteiger partial charge in [-0.3, -0.25) is 0 Å². The van der Waals surface area contributed by atoms with Crippen LogP contribution in [0.4, 0.5) is 5.69 Å². The number of nitrogens with two attached hydrogens (primary N) is 1. The van der Waals surface area contributed by atoms with Crippen LogP contribution in [0.25, 0.3) is 0 Å². The maximum Gasteiger partial charge on any atom is 0.240 e. The number of nitrogen functional groups attached to an aromatic ring is 1. The van der Waals surface area contributed by atoms with E-state index in [2.05, 4.69) is 11.6 Å². The number of sulfonamides is 1. The largest absolute Gasteiger partial charge is 0.495 e. The van der Waals surface area contributed by atoms with Gasteiger partial charge < -0.3 is 10.5 Å². The summed E-state index contributed by atoms with van der Waals surface area (Å²) in [6.07, 6.45) is 4.49. The van der Waals surface area contributed by atoms with Crippen molar-refractivity contribution in [2.45, 2.75) is 37.5 Å². The molecule has 1 aliphatic rings. The first-order chi connectivity index (χ1) is 9.36. The molecule has 5 nitrogen and oxygen atoms in total. The fourth-order valence-electron chi connectivity index (χ4n) is 2.62. The van der Waals surface area contributed by atoms with Crippen LogP contribution in [0.5, 0.6) is 5.75 Å². The Balaban J connectivity index is 2.14. The second-order valence-corrected chi connectivity index (χ2v) is 7.51. The van der Waals surface area contributed by atoms with Gasteiger partial charge in [-0.25, -0.2) is 13.1 Å². The normalized spacial score (nSPS) is 18.1. The number of benzene rings is 1. The van der Waals surface area contributed by atoms with Crippen molar-refractivity contribution in [2.75, 3.05) is 19.4 Å². The first-order valence-electron chi connectivity index (χ1n) is 6.79. The van der Waals surface area contributed by atoms with Crippen LogP contribution in [0.2, 0.25) is 0 Å². The molecule has 2 rings (SSSR count). The molecule has 0 radical (unpaired) electrons. The van der Waals surface area contributed by atoms with Crippen LogP contribution in [-0.2, 0) is 10.0 Å². The summed E-state index contributed by atoms with van der Waals surface area (Å²) in [5.74, 6) is 0.375. The molecule has 0 amide bonds. The molecule has 0 aromatic heterocycles. The molecule has 0 spiro atoms. The average Bonchev–Trinajstić information content (AvgIpc) is 2.85. The van der Waals surface area contributed by atoms with Gasteiger partial charge in [0.2, 0.25) is 10.0 Å². The topological polar surface area (TPSA) is 81.4 Å². The van der Waals surface area contributed by atoms with Crippen molar-refractivity contribution in [3.8, 4) is 5.75 Å². The van der Waals surface area contributed by atoms with E-state index >= 15 is 0 Å². The zero-order chi connectivity index (χ0) is 14.8. The number of rotatable bonds is 5. The van der Waals surface area contributed by atoms with Crippen LogP contribution in [0.1, 0.15) is 32.6 Å². The molecule has 0 bridgehead atoms. The van der Waals surface area contributed by atoms with Crippen molar-refractivity contribution in [3.05, 3.63) is 18.2 Å². The van der Waals surface area contributed by atoms with Gasteiger partial charge in [0.25, 0.3) is 0 Å². The van der Waals surface area contributed by atoms with Crippen molar-refractivity contribution in [1.82, 2.24) is 4.72 Å². The minimum absolute atomic E-state index is 0.0744. The molecule has 3 N–H and O–H groups in total.